The predicted molar refractivity (Wildman–Crippen MR) is 51.7 cm³/mol. The summed E-state index contributed by atoms with van der Waals surface area (Å²) >= 11 is 0. The quantitative estimate of drug-likeness (QED) is 0.564. The van der Waals surface area contributed by atoms with Gasteiger partial charge in [0, 0.05) is 6.04 Å². The van der Waals surface area contributed by atoms with Crippen LogP contribution in [0.15, 0.2) is 12.2 Å². The van der Waals surface area contributed by atoms with Gasteiger partial charge in [-0.05, 0) is 26.4 Å². The summed E-state index contributed by atoms with van der Waals surface area (Å²) in [5.74, 6) is 0.596. The maximum atomic E-state index is 4.08. The lowest BCUT2D eigenvalue weighted by molar-refractivity contribution is 0.291. The van der Waals surface area contributed by atoms with Crippen molar-refractivity contribution < 1.29 is 0 Å². The van der Waals surface area contributed by atoms with Crippen LogP contribution in [0.4, 0.5) is 0 Å². The fraction of sp³-hybridized carbons (Fsp3) is 0.800. The maximum Gasteiger partial charge on any atom is 0.0275 e. The summed E-state index contributed by atoms with van der Waals surface area (Å²) in [7, 11) is 2.14. The van der Waals surface area contributed by atoms with Gasteiger partial charge in [0.25, 0.3) is 0 Å². The van der Waals surface area contributed by atoms with E-state index in [9.17, 15) is 0 Å². The highest BCUT2D eigenvalue weighted by Crippen LogP contribution is 2.15. The van der Waals surface area contributed by atoms with Gasteiger partial charge in [-0.25, -0.2) is 0 Å². The van der Waals surface area contributed by atoms with Gasteiger partial charge in [0.1, 0.15) is 0 Å². The molecule has 0 aromatic rings. The summed E-state index contributed by atoms with van der Waals surface area (Å²) in [4.78, 5) is 2.31. The highest BCUT2D eigenvalue weighted by Gasteiger charge is 2.12. The standard InChI is InChI=1S/C10H21N/c1-7-11(6)10(5)9(4)8(2)3/h8,10H,4,7H2,1-3,5-6H3. The number of hydrogen-bond acceptors (Lipinski definition) is 1. The molecule has 0 aliphatic carbocycles. The molecule has 1 unspecified atom stereocenters. The van der Waals surface area contributed by atoms with Crippen molar-refractivity contribution >= 4 is 0 Å². The van der Waals surface area contributed by atoms with Crippen LogP contribution in [0, 0.1) is 5.92 Å². The van der Waals surface area contributed by atoms with Crippen molar-refractivity contribution in [3.05, 3.63) is 12.2 Å². The minimum absolute atomic E-state index is 0.514. The lowest BCUT2D eigenvalue weighted by Crippen LogP contribution is -2.31. The van der Waals surface area contributed by atoms with Crippen LogP contribution in [-0.2, 0) is 0 Å². The average Bonchev–Trinajstić information content (AvgIpc) is 2.00. The molecule has 0 saturated heterocycles. The fourth-order valence-corrected chi connectivity index (χ4v) is 1.04. The monoisotopic (exact) mass is 155 g/mol. The molecule has 0 bridgehead atoms. The van der Waals surface area contributed by atoms with Crippen LogP contribution < -0.4 is 0 Å². The molecular weight excluding hydrogens is 134 g/mol. The summed E-state index contributed by atoms with van der Waals surface area (Å²) < 4.78 is 0. The van der Waals surface area contributed by atoms with Crippen molar-refractivity contribution in [2.24, 2.45) is 5.92 Å². The molecule has 11 heavy (non-hydrogen) atoms. The predicted octanol–water partition coefficient (Wildman–Crippen LogP) is 2.54. The van der Waals surface area contributed by atoms with Crippen molar-refractivity contribution in [1.29, 1.82) is 0 Å². The summed E-state index contributed by atoms with van der Waals surface area (Å²) in [6.07, 6.45) is 0. The van der Waals surface area contributed by atoms with Gasteiger partial charge in [-0.2, -0.15) is 0 Å². The van der Waals surface area contributed by atoms with Crippen LogP contribution in [0.5, 0.6) is 0 Å². The molecule has 1 heteroatoms. The molecule has 0 amide bonds. The Labute approximate surface area is 71.1 Å². The van der Waals surface area contributed by atoms with E-state index in [-0.39, 0.29) is 0 Å². The van der Waals surface area contributed by atoms with Crippen LogP contribution in [0.1, 0.15) is 27.7 Å². The Kier molecular flexibility index (Phi) is 4.43. The lowest BCUT2D eigenvalue weighted by Gasteiger charge is -2.27. The zero-order valence-corrected chi connectivity index (χ0v) is 8.52. The Morgan fingerprint density at radius 1 is 1.36 bits per heavy atom. The summed E-state index contributed by atoms with van der Waals surface area (Å²) in [5, 5.41) is 0. The summed E-state index contributed by atoms with van der Waals surface area (Å²) in [5.41, 5.74) is 1.33. The van der Waals surface area contributed by atoms with Crippen LogP contribution in [0.25, 0.3) is 0 Å². The van der Waals surface area contributed by atoms with Gasteiger partial charge >= 0.3 is 0 Å². The maximum absolute atomic E-state index is 4.08. The van der Waals surface area contributed by atoms with E-state index < -0.39 is 0 Å². The first-order chi connectivity index (χ1) is 5.00. The SMILES string of the molecule is C=C(C(C)C)C(C)N(C)CC. The molecule has 0 saturated carbocycles. The molecule has 0 radical (unpaired) electrons. The first-order valence-electron chi connectivity index (χ1n) is 4.39. The second kappa shape index (κ2) is 4.55. The Morgan fingerprint density at radius 3 is 2.09 bits per heavy atom. The third-order valence-electron chi connectivity index (χ3n) is 2.44. The van der Waals surface area contributed by atoms with E-state index >= 15 is 0 Å². The highest BCUT2D eigenvalue weighted by molar-refractivity contribution is 5.06. The van der Waals surface area contributed by atoms with Crippen molar-refractivity contribution in [3.8, 4) is 0 Å². The van der Waals surface area contributed by atoms with E-state index in [0.29, 0.717) is 12.0 Å². The minimum Gasteiger partial charge on any atom is -0.300 e. The third kappa shape index (κ3) is 3.06. The van der Waals surface area contributed by atoms with Crippen molar-refractivity contribution in [3.63, 3.8) is 0 Å². The normalized spacial score (nSPS) is 14.1. The van der Waals surface area contributed by atoms with Gasteiger partial charge in [-0.1, -0.05) is 32.9 Å². The van der Waals surface area contributed by atoms with Gasteiger partial charge < -0.3 is 4.90 Å². The Bertz CT molecular complexity index is 127. The highest BCUT2D eigenvalue weighted by atomic mass is 15.1. The van der Waals surface area contributed by atoms with E-state index in [0.717, 1.165) is 6.54 Å². The zero-order valence-electron chi connectivity index (χ0n) is 8.52. The molecule has 0 aromatic carbocycles. The first kappa shape index (κ1) is 10.7. The van der Waals surface area contributed by atoms with Gasteiger partial charge in [-0.15, -0.1) is 0 Å². The van der Waals surface area contributed by atoms with Crippen LogP contribution in [0.3, 0.4) is 0 Å². The molecule has 0 spiro atoms. The molecule has 0 rings (SSSR count). The van der Waals surface area contributed by atoms with Crippen LogP contribution in [0.2, 0.25) is 0 Å². The van der Waals surface area contributed by atoms with E-state index in [1.54, 1.807) is 0 Å². The van der Waals surface area contributed by atoms with E-state index in [2.05, 4.69) is 46.2 Å². The Morgan fingerprint density at radius 2 is 1.82 bits per heavy atom. The first-order valence-corrected chi connectivity index (χ1v) is 4.39. The fourth-order valence-electron chi connectivity index (χ4n) is 1.04. The molecule has 0 aliphatic heterocycles. The summed E-state index contributed by atoms with van der Waals surface area (Å²) in [6.45, 7) is 14.0. The lowest BCUT2D eigenvalue weighted by atomic mass is 9.98. The van der Waals surface area contributed by atoms with E-state index in [4.69, 9.17) is 0 Å². The molecule has 0 aromatic heterocycles. The topological polar surface area (TPSA) is 3.24 Å². The molecular formula is C10H21N. The van der Waals surface area contributed by atoms with Gasteiger partial charge in [0.2, 0.25) is 0 Å². The van der Waals surface area contributed by atoms with Crippen LogP contribution >= 0.6 is 0 Å². The second-order valence-electron chi connectivity index (χ2n) is 3.48. The molecule has 1 atom stereocenters. The third-order valence-corrected chi connectivity index (χ3v) is 2.44. The van der Waals surface area contributed by atoms with Crippen molar-refractivity contribution in [2.75, 3.05) is 13.6 Å². The van der Waals surface area contributed by atoms with E-state index in [1.807, 2.05) is 0 Å². The molecule has 0 heterocycles. The van der Waals surface area contributed by atoms with E-state index in [1.165, 1.54) is 5.57 Å². The number of likely N-dealkylation sites (N-methyl/N-ethyl adjacent to an activating group) is 1. The molecule has 1 nitrogen and oxygen atoms in total. The number of hydrogen-bond donors (Lipinski definition) is 0. The zero-order chi connectivity index (χ0) is 9.02. The molecule has 0 aliphatic rings. The average molecular weight is 155 g/mol. The Balaban J connectivity index is 4.02. The number of rotatable bonds is 4. The smallest absolute Gasteiger partial charge is 0.0275 e. The van der Waals surface area contributed by atoms with Gasteiger partial charge in [0.15, 0.2) is 0 Å². The minimum atomic E-state index is 0.514. The van der Waals surface area contributed by atoms with Crippen LogP contribution in [-0.4, -0.2) is 24.5 Å². The van der Waals surface area contributed by atoms with Gasteiger partial charge in [0.05, 0.1) is 0 Å². The van der Waals surface area contributed by atoms with Crippen molar-refractivity contribution in [2.45, 2.75) is 33.7 Å². The Hall–Kier alpha value is -0.300. The van der Waals surface area contributed by atoms with Crippen molar-refractivity contribution in [1.82, 2.24) is 4.90 Å². The summed E-state index contributed by atoms with van der Waals surface area (Å²) in [6, 6.07) is 0.514. The second-order valence-corrected chi connectivity index (χ2v) is 3.48. The largest absolute Gasteiger partial charge is 0.300 e. The molecule has 0 N–H and O–H groups in total. The van der Waals surface area contributed by atoms with Gasteiger partial charge in [-0.3, -0.25) is 0 Å². The number of nitrogens with zero attached hydrogens (tertiary/aromatic N) is 1. The molecule has 66 valence electrons. The molecule has 0 fully saturated rings.